The molecular formula is C22H30N6O2. The highest BCUT2D eigenvalue weighted by Gasteiger charge is 2.23. The zero-order valence-corrected chi connectivity index (χ0v) is 18.0. The van der Waals surface area contributed by atoms with Crippen molar-refractivity contribution in [2.24, 2.45) is 7.05 Å². The van der Waals surface area contributed by atoms with Crippen LogP contribution in [0.15, 0.2) is 35.3 Å². The van der Waals surface area contributed by atoms with Crippen molar-refractivity contribution in [1.29, 1.82) is 0 Å². The highest BCUT2D eigenvalue weighted by molar-refractivity contribution is 6.08. The lowest BCUT2D eigenvalue weighted by molar-refractivity contribution is -0.123. The van der Waals surface area contributed by atoms with Crippen molar-refractivity contribution in [3.8, 4) is 0 Å². The Kier molecular flexibility index (Phi) is 5.87. The van der Waals surface area contributed by atoms with Gasteiger partial charge in [-0.3, -0.25) is 14.5 Å². The number of piperazine rings is 1. The van der Waals surface area contributed by atoms with E-state index in [0.717, 1.165) is 55.6 Å². The minimum Gasteiger partial charge on any atom is -0.353 e. The van der Waals surface area contributed by atoms with E-state index in [1.807, 2.05) is 35.8 Å². The highest BCUT2D eigenvalue weighted by atomic mass is 16.2. The number of fused-ring (bicyclic) bond motifs is 3. The van der Waals surface area contributed by atoms with E-state index < -0.39 is 6.04 Å². The molecule has 1 N–H and O–H groups in total. The Bertz CT molecular complexity index is 1110. The van der Waals surface area contributed by atoms with E-state index in [1.54, 1.807) is 13.2 Å². The number of nitrogens with one attached hydrogen (secondary N) is 1. The number of nitrogens with zero attached hydrogens (tertiary/aromatic N) is 5. The molecule has 0 saturated carbocycles. The van der Waals surface area contributed by atoms with Gasteiger partial charge >= 0.3 is 0 Å². The molecule has 1 aromatic carbocycles. The fraction of sp³-hybridized carbons (Fsp3) is 0.500. The average Bonchev–Trinajstić information content (AvgIpc) is 3.11. The van der Waals surface area contributed by atoms with Gasteiger partial charge in [-0.2, -0.15) is 5.10 Å². The molecule has 1 aliphatic rings. The molecule has 2 aromatic heterocycles. The van der Waals surface area contributed by atoms with Gasteiger partial charge < -0.3 is 14.8 Å². The van der Waals surface area contributed by atoms with Gasteiger partial charge in [0.2, 0.25) is 5.91 Å². The van der Waals surface area contributed by atoms with Gasteiger partial charge in [-0.25, -0.2) is 4.68 Å². The van der Waals surface area contributed by atoms with Crippen LogP contribution in [-0.2, 0) is 11.8 Å². The van der Waals surface area contributed by atoms with Crippen molar-refractivity contribution in [1.82, 2.24) is 29.5 Å². The number of carbonyl (C=O) groups is 1. The SMILES string of the molecule is CCN1CCN(CCNC(=O)C(C)n2c3ccccc3c3cnn(C)c(=O)c32)CC1. The molecule has 0 spiro atoms. The Morgan fingerprint density at radius 1 is 1.13 bits per heavy atom. The van der Waals surface area contributed by atoms with E-state index in [-0.39, 0.29) is 11.5 Å². The molecule has 1 amide bonds. The molecule has 8 nitrogen and oxygen atoms in total. The number of amides is 1. The summed E-state index contributed by atoms with van der Waals surface area (Å²) in [4.78, 5) is 30.7. The Labute approximate surface area is 176 Å². The third-order valence-corrected chi connectivity index (χ3v) is 6.21. The maximum absolute atomic E-state index is 13.0. The van der Waals surface area contributed by atoms with Crippen LogP contribution in [0.2, 0.25) is 0 Å². The first-order valence-electron chi connectivity index (χ1n) is 10.7. The van der Waals surface area contributed by atoms with E-state index >= 15 is 0 Å². The summed E-state index contributed by atoms with van der Waals surface area (Å²) in [6.07, 6.45) is 1.70. The monoisotopic (exact) mass is 410 g/mol. The second-order valence-corrected chi connectivity index (χ2v) is 7.97. The molecule has 160 valence electrons. The zero-order chi connectivity index (χ0) is 21.3. The maximum Gasteiger partial charge on any atom is 0.291 e. The van der Waals surface area contributed by atoms with Crippen LogP contribution in [0.25, 0.3) is 21.8 Å². The number of rotatable bonds is 6. The van der Waals surface area contributed by atoms with Crippen LogP contribution in [0.1, 0.15) is 19.9 Å². The van der Waals surface area contributed by atoms with Crippen molar-refractivity contribution >= 4 is 27.7 Å². The first-order chi connectivity index (χ1) is 14.5. The Hall–Kier alpha value is -2.71. The van der Waals surface area contributed by atoms with Crippen molar-refractivity contribution in [3.05, 3.63) is 40.8 Å². The van der Waals surface area contributed by atoms with Crippen LogP contribution >= 0.6 is 0 Å². The molecule has 3 heterocycles. The van der Waals surface area contributed by atoms with E-state index in [1.165, 1.54) is 4.68 Å². The Morgan fingerprint density at radius 2 is 1.83 bits per heavy atom. The fourth-order valence-electron chi connectivity index (χ4n) is 4.32. The van der Waals surface area contributed by atoms with E-state index in [4.69, 9.17) is 0 Å². The fourth-order valence-corrected chi connectivity index (χ4v) is 4.32. The molecule has 0 radical (unpaired) electrons. The molecule has 1 unspecified atom stereocenters. The summed E-state index contributed by atoms with van der Waals surface area (Å²) in [5.74, 6) is -0.0799. The van der Waals surface area contributed by atoms with Crippen LogP contribution < -0.4 is 10.9 Å². The number of carbonyl (C=O) groups excluding carboxylic acids is 1. The van der Waals surface area contributed by atoms with Crippen LogP contribution in [0.3, 0.4) is 0 Å². The van der Waals surface area contributed by atoms with Crippen molar-refractivity contribution in [3.63, 3.8) is 0 Å². The predicted octanol–water partition coefficient (Wildman–Crippen LogP) is 1.20. The summed E-state index contributed by atoms with van der Waals surface area (Å²) in [6.45, 7) is 10.8. The van der Waals surface area contributed by atoms with Gasteiger partial charge in [0.25, 0.3) is 5.56 Å². The lowest BCUT2D eigenvalue weighted by Gasteiger charge is -2.34. The summed E-state index contributed by atoms with van der Waals surface area (Å²) in [5.41, 5.74) is 1.19. The molecule has 8 heteroatoms. The van der Waals surface area contributed by atoms with Crippen LogP contribution in [0.5, 0.6) is 0 Å². The van der Waals surface area contributed by atoms with Gasteiger partial charge in [0.05, 0.1) is 11.7 Å². The second kappa shape index (κ2) is 8.57. The number of aryl methyl sites for hydroxylation is 1. The topological polar surface area (TPSA) is 75.4 Å². The number of hydrogen-bond donors (Lipinski definition) is 1. The molecule has 1 saturated heterocycles. The average molecular weight is 411 g/mol. The molecule has 1 aliphatic heterocycles. The minimum absolute atomic E-state index is 0.0799. The molecule has 1 fully saturated rings. The molecule has 0 bridgehead atoms. The summed E-state index contributed by atoms with van der Waals surface area (Å²) in [5, 5.41) is 8.95. The van der Waals surface area contributed by atoms with Crippen LogP contribution in [-0.4, -0.2) is 75.9 Å². The molecule has 0 aliphatic carbocycles. The molecule has 1 atom stereocenters. The standard InChI is InChI=1S/C22H30N6O2/c1-4-26-11-13-27(14-12-26)10-9-23-21(29)16(2)28-19-8-6-5-7-17(19)18-15-24-25(3)22(30)20(18)28/h5-8,15-16H,4,9-14H2,1-3H3,(H,23,29). The van der Waals surface area contributed by atoms with Crippen molar-refractivity contribution in [2.75, 3.05) is 45.8 Å². The maximum atomic E-state index is 13.0. The molecule has 30 heavy (non-hydrogen) atoms. The summed E-state index contributed by atoms with van der Waals surface area (Å²) >= 11 is 0. The van der Waals surface area contributed by atoms with Gasteiger partial charge in [-0.1, -0.05) is 25.1 Å². The largest absolute Gasteiger partial charge is 0.353 e. The quantitative estimate of drug-likeness (QED) is 0.661. The number of aromatic nitrogens is 3. The Morgan fingerprint density at radius 3 is 2.57 bits per heavy atom. The van der Waals surface area contributed by atoms with Gasteiger partial charge in [0.1, 0.15) is 11.6 Å². The van der Waals surface area contributed by atoms with Crippen molar-refractivity contribution < 1.29 is 4.79 Å². The summed E-state index contributed by atoms with van der Waals surface area (Å²) in [6, 6.07) is 7.28. The van der Waals surface area contributed by atoms with E-state index in [0.29, 0.717) is 12.1 Å². The first-order valence-corrected chi connectivity index (χ1v) is 10.7. The summed E-state index contributed by atoms with van der Waals surface area (Å²) in [7, 11) is 1.63. The van der Waals surface area contributed by atoms with E-state index in [9.17, 15) is 9.59 Å². The van der Waals surface area contributed by atoms with Crippen molar-refractivity contribution in [2.45, 2.75) is 19.9 Å². The lowest BCUT2D eigenvalue weighted by atomic mass is 10.2. The van der Waals surface area contributed by atoms with Gasteiger partial charge in [0, 0.05) is 57.1 Å². The van der Waals surface area contributed by atoms with Crippen LogP contribution in [0.4, 0.5) is 0 Å². The van der Waals surface area contributed by atoms with Gasteiger partial charge in [0.15, 0.2) is 0 Å². The third kappa shape index (κ3) is 3.73. The Balaban J connectivity index is 1.52. The smallest absolute Gasteiger partial charge is 0.291 e. The van der Waals surface area contributed by atoms with Gasteiger partial charge in [-0.15, -0.1) is 0 Å². The zero-order valence-electron chi connectivity index (χ0n) is 18.0. The molecular weight excluding hydrogens is 380 g/mol. The van der Waals surface area contributed by atoms with Crippen LogP contribution in [0, 0.1) is 0 Å². The third-order valence-electron chi connectivity index (χ3n) is 6.21. The first kappa shape index (κ1) is 20.6. The number of hydrogen-bond acceptors (Lipinski definition) is 5. The lowest BCUT2D eigenvalue weighted by Crippen LogP contribution is -2.48. The number of para-hydroxylation sites is 1. The molecule has 3 aromatic rings. The minimum atomic E-state index is -0.501. The normalized spacial score (nSPS) is 16.9. The second-order valence-electron chi connectivity index (χ2n) is 7.97. The van der Waals surface area contributed by atoms with E-state index in [2.05, 4.69) is 27.1 Å². The van der Waals surface area contributed by atoms with Gasteiger partial charge in [-0.05, 0) is 19.5 Å². The highest BCUT2D eigenvalue weighted by Crippen LogP contribution is 2.29. The number of likely N-dealkylation sites (N-methyl/N-ethyl adjacent to an activating group) is 1. The number of benzene rings is 1. The summed E-state index contributed by atoms with van der Waals surface area (Å²) < 4.78 is 3.17. The predicted molar refractivity (Wildman–Crippen MR) is 119 cm³/mol. The molecule has 4 rings (SSSR count).